The predicted molar refractivity (Wildman–Crippen MR) is 121 cm³/mol. The standard InChI is InChI=1S/C22H24N6O2S/c1-15-5-3-4-6-18(15)28-19(25-26-22(28)31-2)14-24-20(29)13-16-7-9-17(10-8-16)27-12-11-23-21(27)30/h3-10H,11-14H2,1-2H3,(H,23,30)(H,24,29). The number of hydrogen-bond donors (Lipinski definition) is 2. The van der Waals surface area contributed by atoms with Crippen LogP contribution in [-0.2, 0) is 17.8 Å². The summed E-state index contributed by atoms with van der Waals surface area (Å²) < 4.78 is 1.98. The minimum atomic E-state index is -0.100. The van der Waals surface area contributed by atoms with Gasteiger partial charge >= 0.3 is 6.03 Å². The Labute approximate surface area is 185 Å². The molecular formula is C22H24N6O2S. The van der Waals surface area contributed by atoms with Crippen LogP contribution in [0.15, 0.2) is 53.7 Å². The zero-order chi connectivity index (χ0) is 21.8. The molecule has 0 spiro atoms. The molecular weight excluding hydrogens is 412 g/mol. The topological polar surface area (TPSA) is 92.2 Å². The quantitative estimate of drug-likeness (QED) is 0.556. The maximum atomic E-state index is 12.5. The molecule has 9 heteroatoms. The van der Waals surface area contributed by atoms with Crippen LogP contribution in [0.3, 0.4) is 0 Å². The number of carbonyl (C=O) groups is 2. The second-order valence-corrected chi connectivity index (χ2v) is 8.00. The van der Waals surface area contributed by atoms with E-state index >= 15 is 0 Å². The van der Waals surface area contributed by atoms with E-state index in [0.717, 1.165) is 27.7 Å². The lowest BCUT2D eigenvalue weighted by Crippen LogP contribution is -2.28. The number of urea groups is 1. The molecule has 2 heterocycles. The van der Waals surface area contributed by atoms with Crippen molar-refractivity contribution in [1.29, 1.82) is 0 Å². The van der Waals surface area contributed by atoms with Crippen molar-refractivity contribution in [2.45, 2.75) is 25.0 Å². The zero-order valence-corrected chi connectivity index (χ0v) is 18.3. The third-order valence-corrected chi connectivity index (χ3v) is 5.78. The van der Waals surface area contributed by atoms with E-state index < -0.39 is 0 Å². The summed E-state index contributed by atoms with van der Waals surface area (Å²) in [6, 6.07) is 15.4. The van der Waals surface area contributed by atoms with Gasteiger partial charge in [-0.15, -0.1) is 10.2 Å². The van der Waals surface area contributed by atoms with Crippen LogP contribution in [0.4, 0.5) is 10.5 Å². The summed E-state index contributed by atoms with van der Waals surface area (Å²) >= 11 is 1.51. The number of hydrogen-bond acceptors (Lipinski definition) is 5. The van der Waals surface area contributed by atoms with Gasteiger partial charge in [-0.2, -0.15) is 0 Å². The summed E-state index contributed by atoms with van der Waals surface area (Å²) in [5.74, 6) is 0.582. The Hall–Kier alpha value is -3.33. The molecule has 4 rings (SSSR count). The van der Waals surface area contributed by atoms with Gasteiger partial charge in [0.25, 0.3) is 0 Å². The van der Waals surface area contributed by atoms with E-state index in [2.05, 4.69) is 20.8 Å². The van der Waals surface area contributed by atoms with Gasteiger partial charge in [0.15, 0.2) is 11.0 Å². The van der Waals surface area contributed by atoms with E-state index in [1.165, 1.54) is 11.8 Å². The fraction of sp³-hybridized carbons (Fsp3) is 0.273. The Morgan fingerprint density at radius 2 is 1.94 bits per heavy atom. The van der Waals surface area contributed by atoms with Gasteiger partial charge in [-0.25, -0.2) is 4.79 Å². The molecule has 3 aromatic rings. The summed E-state index contributed by atoms with van der Waals surface area (Å²) in [6.45, 7) is 3.62. The third-order valence-electron chi connectivity index (χ3n) is 5.15. The van der Waals surface area contributed by atoms with Gasteiger partial charge in [-0.05, 0) is 42.5 Å². The number of nitrogens with one attached hydrogen (secondary N) is 2. The molecule has 31 heavy (non-hydrogen) atoms. The molecule has 0 radical (unpaired) electrons. The molecule has 0 saturated carbocycles. The Morgan fingerprint density at radius 3 is 2.61 bits per heavy atom. The number of rotatable bonds is 7. The summed E-state index contributed by atoms with van der Waals surface area (Å²) in [5, 5.41) is 15.0. The van der Waals surface area contributed by atoms with Gasteiger partial charge in [-0.3, -0.25) is 14.3 Å². The predicted octanol–water partition coefficient (Wildman–Crippen LogP) is 2.69. The van der Waals surface area contributed by atoms with Crippen molar-refractivity contribution in [3.63, 3.8) is 0 Å². The Morgan fingerprint density at radius 1 is 1.16 bits per heavy atom. The average molecular weight is 437 g/mol. The van der Waals surface area contributed by atoms with Gasteiger partial charge in [0.05, 0.1) is 18.7 Å². The Balaban J connectivity index is 1.41. The van der Waals surface area contributed by atoms with Gasteiger partial charge in [-0.1, -0.05) is 42.1 Å². The summed E-state index contributed by atoms with van der Waals surface area (Å²) in [5.41, 5.74) is 3.82. The van der Waals surface area contributed by atoms with Crippen LogP contribution in [-0.4, -0.2) is 46.0 Å². The molecule has 8 nitrogen and oxygen atoms in total. The molecule has 1 saturated heterocycles. The van der Waals surface area contributed by atoms with Crippen molar-refractivity contribution in [3.05, 3.63) is 65.5 Å². The van der Waals surface area contributed by atoms with Crippen molar-refractivity contribution >= 4 is 29.4 Å². The molecule has 0 bridgehead atoms. The maximum absolute atomic E-state index is 12.5. The molecule has 0 unspecified atom stereocenters. The summed E-state index contributed by atoms with van der Waals surface area (Å²) in [6.07, 6.45) is 2.21. The second-order valence-electron chi connectivity index (χ2n) is 7.23. The molecule has 160 valence electrons. The number of benzene rings is 2. The minimum absolute atomic E-state index is 0.0899. The van der Waals surface area contributed by atoms with E-state index in [-0.39, 0.29) is 24.9 Å². The van der Waals surface area contributed by atoms with Gasteiger partial charge in [0.1, 0.15) is 0 Å². The molecule has 3 amide bonds. The largest absolute Gasteiger partial charge is 0.348 e. The van der Waals surface area contributed by atoms with Crippen molar-refractivity contribution in [3.8, 4) is 5.69 Å². The van der Waals surface area contributed by atoms with Crippen molar-refractivity contribution < 1.29 is 9.59 Å². The first-order valence-corrected chi connectivity index (χ1v) is 11.2. The molecule has 1 aliphatic heterocycles. The van der Waals surface area contributed by atoms with Crippen LogP contribution in [0, 0.1) is 6.92 Å². The van der Waals surface area contributed by atoms with Crippen LogP contribution in [0.2, 0.25) is 0 Å². The van der Waals surface area contributed by atoms with Gasteiger partial charge in [0.2, 0.25) is 5.91 Å². The van der Waals surface area contributed by atoms with Gasteiger partial charge in [0, 0.05) is 18.8 Å². The highest BCUT2D eigenvalue weighted by atomic mass is 32.2. The lowest BCUT2D eigenvalue weighted by molar-refractivity contribution is -0.120. The first kappa shape index (κ1) is 20.9. The monoisotopic (exact) mass is 436 g/mol. The summed E-state index contributed by atoms with van der Waals surface area (Å²) in [4.78, 5) is 26.0. The normalized spacial score (nSPS) is 13.4. The van der Waals surface area contributed by atoms with Crippen LogP contribution in [0.1, 0.15) is 17.0 Å². The number of carbonyl (C=O) groups excluding carboxylic acids is 2. The number of anilines is 1. The first-order chi connectivity index (χ1) is 15.1. The lowest BCUT2D eigenvalue weighted by atomic mass is 10.1. The molecule has 0 atom stereocenters. The fourth-order valence-electron chi connectivity index (χ4n) is 3.54. The van der Waals surface area contributed by atoms with E-state index in [0.29, 0.717) is 18.9 Å². The van der Waals surface area contributed by atoms with Crippen LogP contribution in [0.25, 0.3) is 5.69 Å². The zero-order valence-electron chi connectivity index (χ0n) is 17.5. The van der Waals surface area contributed by atoms with E-state index in [1.807, 2.05) is 66.3 Å². The van der Waals surface area contributed by atoms with E-state index in [1.54, 1.807) is 4.90 Å². The van der Waals surface area contributed by atoms with Crippen LogP contribution < -0.4 is 15.5 Å². The Kier molecular flexibility index (Phi) is 6.22. The van der Waals surface area contributed by atoms with Crippen molar-refractivity contribution in [1.82, 2.24) is 25.4 Å². The third kappa shape index (κ3) is 4.56. The second kappa shape index (κ2) is 9.22. The SMILES string of the molecule is CSc1nnc(CNC(=O)Cc2ccc(N3CCNC3=O)cc2)n1-c1ccccc1C. The molecule has 1 fully saturated rings. The maximum Gasteiger partial charge on any atom is 0.321 e. The molecule has 1 aromatic heterocycles. The smallest absolute Gasteiger partial charge is 0.321 e. The Bertz CT molecular complexity index is 1100. The molecule has 0 aliphatic carbocycles. The molecule has 2 N–H and O–H groups in total. The highest BCUT2D eigenvalue weighted by molar-refractivity contribution is 7.98. The fourth-order valence-corrected chi connectivity index (χ4v) is 4.05. The highest BCUT2D eigenvalue weighted by Gasteiger charge is 2.21. The molecule has 1 aliphatic rings. The number of aromatic nitrogens is 3. The average Bonchev–Trinajstić information content (AvgIpc) is 3.39. The summed E-state index contributed by atoms with van der Waals surface area (Å²) in [7, 11) is 0. The minimum Gasteiger partial charge on any atom is -0.348 e. The van der Waals surface area contributed by atoms with E-state index in [9.17, 15) is 9.59 Å². The highest BCUT2D eigenvalue weighted by Crippen LogP contribution is 2.22. The number of thioether (sulfide) groups is 1. The van der Waals surface area contributed by atoms with Crippen LogP contribution >= 0.6 is 11.8 Å². The first-order valence-electron chi connectivity index (χ1n) is 10.0. The van der Waals surface area contributed by atoms with Gasteiger partial charge < -0.3 is 10.6 Å². The van der Waals surface area contributed by atoms with Crippen molar-refractivity contribution in [2.75, 3.05) is 24.2 Å². The molecule has 2 aromatic carbocycles. The number of para-hydroxylation sites is 1. The number of aryl methyl sites for hydroxylation is 1. The van der Waals surface area contributed by atoms with Crippen LogP contribution in [0.5, 0.6) is 0 Å². The number of nitrogens with zero attached hydrogens (tertiary/aromatic N) is 4. The lowest BCUT2D eigenvalue weighted by Gasteiger charge is -2.14. The number of amides is 3. The van der Waals surface area contributed by atoms with E-state index in [4.69, 9.17) is 0 Å². The van der Waals surface area contributed by atoms with Crippen molar-refractivity contribution in [2.24, 2.45) is 0 Å².